The molecule has 8 aromatic rings. The molecule has 9 rings (SSSR count). The molecule has 48 heavy (non-hydrogen) atoms. The summed E-state index contributed by atoms with van der Waals surface area (Å²) in [5.74, 6) is 0. The predicted molar refractivity (Wildman–Crippen MR) is 200 cm³/mol. The van der Waals surface area contributed by atoms with Crippen molar-refractivity contribution in [3.8, 4) is 22.3 Å². The standard InChI is InChI=1S/C44H29N3O/c45-40-22-18-31-16-15-30-17-19-34(26-39(30)43(31)44(40)46)47(35-20-21-38-37-13-7-8-14-41(37)48-42(38)27-35)36-24-32(28-9-3-1-4-10-28)23-33(25-36)29-11-5-2-6-12-29/h1-27,45-46H. The summed E-state index contributed by atoms with van der Waals surface area (Å²) in [5.41, 5.74) is 11.3. The van der Waals surface area contributed by atoms with Crippen LogP contribution in [-0.2, 0) is 0 Å². The highest BCUT2D eigenvalue weighted by atomic mass is 16.3. The van der Waals surface area contributed by atoms with E-state index in [0.717, 1.165) is 83.2 Å². The molecule has 0 saturated carbocycles. The van der Waals surface area contributed by atoms with Gasteiger partial charge in [-0.3, -0.25) is 10.8 Å². The molecular weight excluding hydrogens is 587 g/mol. The Morgan fingerprint density at radius 1 is 0.438 bits per heavy atom. The number of nitrogens with one attached hydrogen (secondary N) is 2. The summed E-state index contributed by atoms with van der Waals surface area (Å²) in [7, 11) is 0. The second kappa shape index (κ2) is 11.1. The average molecular weight is 616 g/mol. The van der Waals surface area contributed by atoms with Gasteiger partial charge in [0.1, 0.15) is 11.2 Å². The van der Waals surface area contributed by atoms with Crippen LogP contribution in [0.5, 0.6) is 0 Å². The van der Waals surface area contributed by atoms with Crippen molar-refractivity contribution in [3.05, 3.63) is 169 Å². The molecule has 0 aliphatic heterocycles. The highest BCUT2D eigenvalue weighted by Gasteiger charge is 2.21. The Labute approximate surface area is 277 Å². The van der Waals surface area contributed by atoms with Crippen LogP contribution in [0.15, 0.2) is 162 Å². The molecule has 0 radical (unpaired) electrons. The zero-order chi connectivity index (χ0) is 32.2. The largest absolute Gasteiger partial charge is 0.456 e. The molecule has 226 valence electrons. The van der Waals surface area contributed by atoms with E-state index in [1.807, 2.05) is 42.5 Å². The number of para-hydroxylation sites is 1. The van der Waals surface area contributed by atoms with E-state index in [9.17, 15) is 0 Å². The SMILES string of the molecule is N=C1C=Cc2ccc3ccc(N(c4cc(-c5ccccc5)cc(-c5ccccc5)c4)c4ccc5c(c4)oc4ccccc45)cc3c2C1=N. The Balaban J connectivity index is 1.32. The van der Waals surface area contributed by atoms with Gasteiger partial charge in [0.05, 0.1) is 11.4 Å². The third kappa shape index (κ3) is 4.62. The molecule has 0 unspecified atom stereocenters. The number of rotatable bonds is 5. The van der Waals surface area contributed by atoms with Crippen LogP contribution >= 0.6 is 0 Å². The summed E-state index contributed by atoms with van der Waals surface area (Å²) in [5, 5.41) is 21.4. The van der Waals surface area contributed by atoms with Gasteiger partial charge >= 0.3 is 0 Å². The molecule has 4 nitrogen and oxygen atoms in total. The number of allylic oxidation sites excluding steroid dienone is 1. The molecule has 1 heterocycles. The minimum atomic E-state index is 0.218. The second-order valence-electron chi connectivity index (χ2n) is 12.2. The maximum Gasteiger partial charge on any atom is 0.137 e. The van der Waals surface area contributed by atoms with E-state index >= 15 is 0 Å². The van der Waals surface area contributed by atoms with Crippen LogP contribution in [-0.4, -0.2) is 11.4 Å². The predicted octanol–water partition coefficient (Wildman–Crippen LogP) is 12.0. The van der Waals surface area contributed by atoms with Crippen molar-refractivity contribution < 1.29 is 4.42 Å². The lowest BCUT2D eigenvalue weighted by Gasteiger charge is -2.28. The van der Waals surface area contributed by atoms with E-state index in [2.05, 4.69) is 120 Å². The van der Waals surface area contributed by atoms with Crippen LogP contribution in [0.3, 0.4) is 0 Å². The highest BCUT2D eigenvalue weighted by Crippen LogP contribution is 2.43. The first-order valence-electron chi connectivity index (χ1n) is 16.0. The fourth-order valence-corrected chi connectivity index (χ4v) is 6.91. The van der Waals surface area contributed by atoms with Gasteiger partial charge in [-0.1, -0.05) is 103 Å². The first-order chi connectivity index (χ1) is 23.6. The minimum absolute atomic E-state index is 0.218. The van der Waals surface area contributed by atoms with Crippen molar-refractivity contribution in [1.82, 2.24) is 0 Å². The lowest BCUT2D eigenvalue weighted by Crippen LogP contribution is -2.16. The zero-order valence-electron chi connectivity index (χ0n) is 25.9. The Hall–Kier alpha value is -6.52. The summed E-state index contributed by atoms with van der Waals surface area (Å²) >= 11 is 0. The van der Waals surface area contributed by atoms with Gasteiger partial charge in [-0.2, -0.15) is 0 Å². The first kappa shape index (κ1) is 27.8. The van der Waals surface area contributed by atoms with Crippen molar-refractivity contribution in [3.63, 3.8) is 0 Å². The molecule has 7 aromatic carbocycles. The van der Waals surface area contributed by atoms with Gasteiger partial charge in [-0.05, 0) is 93.2 Å². The number of fused-ring (bicyclic) bond motifs is 6. The molecular formula is C44H29N3O. The molecule has 1 aliphatic carbocycles. The fourth-order valence-electron chi connectivity index (χ4n) is 6.91. The normalized spacial score (nSPS) is 12.6. The minimum Gasteiger partial charge on any atom is -0.456 e. The van der Waals surface area contributed by atoms with Crippen LogP contribution in [0.2, 0.25) is 0 Å². The van der Waals surface area contributed by atoms with Gasteiger partial charge in [-0.25, -0.2) is 0 Å². The van der Waals surface area contributed by atoms with Crippen molar-refractivity contribution in [1.29, 1.82) is 10.8 Å². The monoisotopic (exact) mass is 615 g/mol. The van der Waals surface area contributed by atoms with Crippen molar-refractivity contribution in [2.24, 2.45) is 0 Å². The summed E-state index contributed by atoms with van der Waals surface area (Å²) in [6, 6.07) is 52.9. The first-order valence-corrected chi connectivity index (χ1v) is 16.0. The van der Waals surface area contributed by atoms with Crippen LogP contribution in [0.25, 0.3) is 61.0 Å². The van der Waals surface area contributed by atoms with Gasteiger partial charge < -0.3 is 9.32 Å². The number of furan rings is 1. The van der Waals surface area contributed by atoms with E-state index in [0.29, 0.717) is 0 Å². The van der Waals surface area contributed by atoms with E-state index < -0.39 is 0 Å². The van der Waals surface area contributed by atoms with E-state index in [1.54, 1.807) is 6.08 Å². The number of nitrogens with zero attached hydrogens (tertiary/aromatic N) is 1. The highest BCUT2D eigenvalue weighted by molar-refractivity contribution is 6.53. The van der Waals surface area contributed by atoms with Crippen molar-refractivity contribution >= 4 is 67.3 Å². The lowest BCUT2D eigenvalue weighted by molar-refractivity contribution is 0.669. The van der Waals surface area contributed by atoms with Crippen molar-refractivity contribution in [2.75, 3.05) is 4.90 Å². The van der Waals surface area contributed by atoms with E-state index in [4.69, 9.17) is 15.2 Å². The Morgan fingerprint density at radius 3 is 1.81 bits per heavy atom. The molecule has 0 spiro atoms. The Kier molecular flexibility index (Phi) is 6.41. The van der Waals surface area contributed by atoms with E-state index in [-0.39, 0.29) is 11.4 Å². The van der Waals surface area contributed by atoms with E-state index in [1.165, 1.54) is 0 Å². The summed E-state index contributed by atoms with van der Waals surface area (Å²) in [6.07, 6.45) is 3.64. The topological polar surface area (TPSA) is 64.1 Å². The Bertz CT molecular complexity index is 2540. The summed E-state index contributed by atoms with van der Waals surface area (Å²) < 4.78 is 6.39. The number of hydrogen-bond donors (Lipinski definition) is 2. The van der Waals surface area contributed by atoms with Gasteiger partial charge in [-0.15, -0.1) is 0 Å². The van der Waals surface area contributed by atoms with Crippen LogP contribution in [0.1, 0.15) is 11.1 Å². The van der Waals surface area contributed by atoms with Crippen LogP contribution in [0, 0.1) is 10.8 Å². The molecule has 4 heteroatoms. The number of benzene rings is 7. The van der Waals surface area contributed by atoms with Gasteiger partial charge in [0, 0.05) is 39.5 Å². The second-order valence-corrected chi connectivity index (χ2v) is 12.2. The van der Waals surface area contributed by atoms with Gasteiger partial charge in [0.2, 0.25) is 0 Å². The quantitative estimate of drug-likeness (QED) is 0.202. The maximum absolute atomic E-state index is 8.85. The van der Waals surface area contributed by atoms with Crippen molar-refractivity contribution in [2.45, 2.75) is 0 Å². The molecule has 1 aliphatic rings. The fraction of sp³-hybridized carbons (Fsp3) is 0. The molecule has 0 saturated heterocycles. The van der Waals surface area contributed by atoms with Crippen LogP contribution < -0.4 is 4.90 Å². The molecule has 0 atom stereocenters. The molecule has 0 fully saturated rings. The van der Waals surface area contributed by atoms with Crippen LogP contribution in [0.4, 0.5) is 17.1 Å². The molecule has 0 amide bonds. The maximum atomic E-state index is 8.85. The Morgan fingerprint density at radius 2 is 1.06 bits per heavy atom. The number of anilines is 3. The molecule has 2 N–H and O–H groups in total. The number of hydrogen-bond acceptors (Lipinski definition) is 4. The third-order valence-corrected chi connectivity index (χ3v) is 9.26. The molecule has 0 bridgehead atoms. The third-order valence-electron chi connectivity index (χ3n) is 9.26. The van der Waals surface area contributed by atoms with Gasteiger partial charge in [0.25, 0.3) is 0 Å². The summed E-state index contributed by atoms with van der Waals surface area (Å²) in [6.45, 7) is 0. The smallest absolute Gasteiger partial charge is 0.137 e. The van der Waals surface area contributed by atoms with Gasteiger partial charge in [0.15, 0.2) is 0 Å². The molecule has 1 aromatic heterocycles. The lowest BCUT2D eigenvalue weighted by atomic mass is 9.89. The summed E-state index contributed by atoms with van der Waals surface area (Å²) in [4.78, 5) is 2.28. The zero-order valence-corrected chi connectivity index (χ0v) is 25.9. The average Bonchev–Trinajstić information content (AvgIpc) is 3.51.